The minimum Gasteiger partial charge on any atom is -0.325 e. The molecule has 2 aromatic heterocycles. The van der Waals surface area contributed by atoms with Crippen LogP contribution in [0.15, 0.2) is 52.0 Å². The highest BCUT2D eigenvalue weighted by Crippen LogP contribution is 2.24. The quantitative estimate of drug-likeness (QED) is 0.544. The van der Waals surface area contributed by atoms with Gasteiger partial charge in [0.05, 0.1) is 28.4 Å². The summed E-state index contributed by atoms with van der Waals surface area (Å²) < 4.78 is 6.49. The Bertz CT molecular complexity index is 1100. The fourth-order valence-electron chi connectivity index (χ4n) is 3.05. The molecule has 2 aromatic carbocycles. The first-order valence-electron chi connectivity index (χ1n) is 7.30. The second-order valence-corrected chi connectivity index (χ2v) is 6.56. The van der Waals surface area contributed by atoms with Crippen LogP contribution in [0.25, 0.3) is 22.1 Å². The van der Waals surface area contributed by atoms with Crippen molar-refractivity contribution in [1.82, 2.24) is 18.7 Å². The third kappa shape index (κ3) is 2.13. The number of benzene rings is 2. The molecular weight excluding hydrogens is 356 g/mol. The van der Waals surface area contributed by atoms with E-state index in [9.17, 15) is 4.79 Å². The standard InChI is InChI=1S/C17H15BrN4O/c1-20-14-7-6-11(8-15(14)21(2)17(20)23)9-22-10-19-13-5-3-4-12(18)16(13)22/h3-8,10H,9H2,1-2H3. The SMILES string of the molecule is Cn1c(=O)n(C)c2cc(Cn3cnc4cccc(Br)c43)ccc21. The molecule has 0 saturated heterocycles. The van der Waals surface area contributed by atoms with Gasteiger partial charge >= 0.3 is 5.69 Å². The summed E-state index contributed by atoms with van der Waals surface area (Å²) in [7, 11) is 3.60. The zero-order valence-corrected chi connectivity index (χ0v) is 14.4. The molecule has 0 N–H and O–H groups in total. The summed E-state index contributed by atoms with van der Waals surface area (Å²) >= 11 is 3.59. The van der Waals surface area contributed by atoms with E-state index in [1.165, 1.54) is 0 Å². The first-order chi connectivity index (χ1) is 11.1. The molecule has 0 bridgehead atoms. The maximum Gasteiger partial charge on any atom is 0.328 e. The Morgan fingerprint density at radius 1 is 1.09 bits per heavy atom. The van der Waals surface area contributed by atoms with Gasteiger partial charge in [0, 0.05) is 25.1 Å². The van der Waals surface area contributed by atoms with Crippen LogP contribution in [-0.4, -0.2) is 18.7 Å². The molecule has 5 nitrogen and oxygen atoms in total. The van der Waals surface area contributed by atoms with Crippen molar-refractivity contribution in [3.8, 4) is 0 Å². The molecule has 0 radical (unpaired) electrons. The molecule has 4 rings (SSSR count). The monoisotopic (exact) mass is 370 g/mol. The number of imidazole rings is 2. The lowest BCUT2D eigenvalue weighted by molar-refractivity contribution is 0.794. The van der Waals surface area contributed by atoms with Gasteiger partial charge in [-0.25, -0.2) is 9.78 Å². The zero-order valence-electron chi connectivity index (χ0n) is 12.8. The van der Waals surface area contributed by atoms with E-state index >= 15 is 0 Å². The number of aromatic nitrogens is 4. The maximum atomic E-state index is 12.0. The molecule has 0 spiro atoms. The second-order valence-electron chi connectivity index (χ2n) is 5.70. The summed E-state index contributed by atoms with van der Waals surface area (Å²) in [6.07, 6.45) is 1.85. The Kier molecular flexibility index (Phi) is 3.16. The number of aryl methyl sites for hydroxylation is 2. The highest BCUT2D eigenvalue weighted by molar-refractivity contribution is 9.10. The molecule has 6 heteroatoms. The van der Waals surface area contributed by atoms with Gasteiger partial charge in [-0.3, -0.25) is 9.13 Å². The molecule has 0 aliphatic carbocycles. The molecule has 0 saturated carbocycles. The smallest absolute Gasteiger partial charge is 0.325 e. The average Bonchev–Trinajstić information content (AvgIpc) is 3.05. The van der Waals surface area contributed by atoms with Crippen molar-refractivity contribution in [3.05, 3.63) is 63.2 Å². The number of halogens is 1. The number of hydrogen-bond donors (Lipinski definition) is 0. The van der Waals surface area contributed by atoms with Gasteiger partial charge in [-0.05, 0) is 45.8 Å². The van der Waals surface area contributed by atoms with Gasteiger partial charge in [-0.1, -0.05) is 12.1 Å². The van der Waals surface area contributed by atoms with Gasteiger partial charge in [-0.2, -0.15) is 0 Å². The Balaban J connectivity index is 1.83. The van der Waals surface area contributed by atoms with Gasteiger partial charge in [0.2, 0.25) is 0 Å². The Morgan fingerprint density at radius 2 is 1.87 bits per heavy atom. The average molecular weight is 371 g/mol. The molecule has 0 unspecified atom stereocenters. The maximum absolute atomic E-state index is 12.0. The van der Waals surface area contributed by atoms with Crippen LogP contribution in [0.2, 0.25) is 0 Å². The Hall–Kier alpha value is -2.34. The van der Waals surface area contributed by atoms with Crippen LogP contribution in [0.4, 0.5) is 0 Å². The van der Waals surface area contributed by atoms with Gasteiger partial charge < -0.3 is 4.57 Å². The van der Waals surface area contributed by atoms with Crippen LogP contribution < -0.4 is 5.69 Å². The van der Waals surface area contributed by atoms with Crippen molar-refractivity contribution in [2.75, 3.05) is 0 Å². The van der Waals surface area contributed by atoms with Crippen LogP contribution in [0.5, 0.6) is 0 Å². The predicted octanol–water partition coefficient (Wildman–Crippen LogP) is 3.04. The van der Waals surface area contributed by atoms with Crippen molar-refractivity contribution >= 4 is 38.0 Å². The molecule has 0 atom stereocenters. The third-order valence-corrected chi connectivity index (χ3v) is 4.92. The van der Waals surface area contributed by atoms with E-state index in [0.29, 0.717) is 6.54 Å². The fraction of sp³-hybridized carbons (Fsp3) is 0.176. The molecule has 0 aliphatic rings. The first kappa shape index (κ1) is 14.3. The van der Waals surface area contributed by atoms with Gasteiger partial charge in [-0.15, -0.1) is 0 Å². The second kappa shape index (κ2) is 5.09. The highest BCUT2D eigenvalue weighted by atomic mass is 79.9. The molecule has 0 fully saturated rings. The topological polar surface area (TPSA) is 44.8 Å². The number of para-hydroxylation sites is 1. The molecule has 116 valence electrons. The van der Waals surface area contributed by atoms with Gasteiger partial charge in [0.15, 0.2) is 0 Å². The highest BCUT2D eigenvalue weighted by Gasteiger charge is 2.10. The summed E-state index contributed by atoms with van der Waals surface area (Å²) in [5.74, 6) is 0. The van der Waals surface area contributed by atoms with E-state index in [-0.39, 0.29) is 5.69 Å². The summed E-state index contributed by atoms with van der Waals surface area (Å²) in [6, 6.07) is 12.1. The molecule has 23 heavy (non-hydrogen) atoms. The normalized spacial score (nSPS) is 11.6. The number of nitrogens with zero attached hydrogens (tertiary/aromatic N) is 4. The molecule has 2 heterocycles. The molecule has 0 amide bonds. The lowest BCUT2D eigenvalue weighted by Gasteiger charge is -2.07. The zero-order chi connectivity index (χ0) is 16.1. The van der Waals surface area contributed by atoms with Crippen molar-refractivity contribution < 1.29 is 0 Å². The van der Waals surface area contributed by atoms with Crippen LogP contribution in [0.1, 0.15) is 5.56 Å². The van der Waals surface area contributed by atoms with E-state index in [1.54, 1.807) is 23.2 Å². The minimum absolute atomic E-state index is 0.00650. The van der Waals surface area contributed by atoms with E-state index in [4.69, 9.17) is 0 Å². The molecular formula is C17H15BrN4O. The van der Waals surface area contributed by atoms with Crippen LogP contribution in [-0.2, 0) is 20.6 Å². The Labute approximate surface area is 140 Å². The first-order valence-corrected chi connectivity index (χ1v) is 8.09. The minimum atomic E-state index is -0.00650. The summed E-state index contributed by atoms with van der Waals surface area (Å²) in [4.78, 5) is 16.5. The number of fused-ring (bicyclic) bond motifs is 2. The summed E-state index contributed by atoms with van der Waals surface area (Å²) in [6.45, 7) is 0.706. The van der Waals surface area contributed by atoms with E-state index in [0.717, 1.165) is 32.1 Å². The number of hydrogen-bond acceptors (Lipinski definition) is 2. The fourth-order valence-corrected chi connectivity index (χ4v) is 3.63. The van der Waals surface area contributed by atoms with Crippen molar-refractivity contribution in [1.29, 1.82) is 0 Å². The molecule has 4 aromatic rings. The van der Waals surface area contributed by atoms with E-state index in [1.807, 2.05) is 30.6 Å². The lowest BCUT2D eigenvalue weighted by Crippen LogP contribution is -2.19. The van der Waals surface area contributed by atoms with Gasteiger partial charge in [0.25, 0.3) is 0 Å². The number of rotatable bonds is 2. The van der Waals surface area contributed by atoms with Gasteiger partial charge in [0.1, 0.15) is 0 Å². The molecule has 0 aliphatic heterocycles. The van der Waals surface area contributed by atoms with Crippen LogP contribution >= 0.6 is 15.9 Å². The van der Waals surface area contributed by atoms with Crippen molar-refractivity contribution in [2.45, 2.75) is 6.54 Å². The largest absolute Gasteiger partial charge is 0.328 e. The van der Waals surface area contributed by atoms with E-state index < -0.39 is 0 Å². The van der Waals surface area contributed by atoms with Crippen LogP contribution in [0.3, 0.4) is 0 Å². The Morgan fingerprint density at radius 3 is 2.70 bits per heavy atom. The van der Waals surface area contributed by atoms with Crippen molar-refractivity contribution in [3.63, 3.8) is 0 Å². The van der Waals surface area contributed by atoms with Crippen molar-refractivity contribution in [2.24, 2.45) is 14.1 Å². The lowest BCUT2D eigenvalue weighted by atomic mass is 10.2. The third-order valence-electron chi connectivity index (χ3n) is 4.28. The summed E-state index contributed by atoms with van der Waals surface area (Å²) in [5, 5.41) is 0. The predicted molar refractivity (Wildman–Crippen MR) is 94.7 cm³/mol. The van der Waals surface area contributed by atoms with E-state index in [2.05, 4.69) is 37.6 Å². The van der Waals surface area contributed by atoms with Crippen LogP contribution in [0, 0.1) is 0 Å². The summed E-state index contributed by atoms with van der Waals surface area (Å²) in [5.41, 5.74) is 5.06.